The van der Waals surface area contributed by atoms with Crippen molar-refractivity contribution in [1.29, 1.82) is 0 Å². The number of hydrogen-bond donors (Lipinski definition) is 1. The average molecular weight is 326 g/mol. The second-order valence-corrected chi connectivity index (χ2v) is 5.03. The van der Waals surface area contributed by atoms with Gasteiger partial charge in [0.15, 0.2) is 0 Å². The quantitative estimate of drug-likeness (QED) is 0.925. The van der Waals surface area contributed by atoms with Crippen LogP contribution in [-0.2, 0) is 13.6 Å². The second kappa shape index (κ2) is 5.56. The molecule has 19 heavy (non-hydrogen) atoms. The van der Waals surface area contributed by atoms with Crippen molar-refractivity contribution in [3.8, 4) is 0 Å². The van der Waals surface area contributed by atoms with Crippen molar-refractivity contribution in [3.05, 3.63) is 38.5 Å². The highest BCUT2D eigenvalue weighted by Gasteiger charge is 2.12. The second-order valence-electron chi connectivity index (χ2n) is 4.24. The van der Waals surface area contributed by atoms with E-state index in [1.807, 2.05) is 20.9 Å². The van der Waals surface area contributed by atoms with Crippen LogP contribution in [0.1, 0.15) is 18.3 Å². The summed E-state index contributed by atoms with van der Waals surface area (Å²) in [6.45, 7) is 5.04. The lowest BCUT2D eigenvalue weighted by atomic mass is 10.3. The van der Waals surface area contributed by atoms with Crippen molar-refractivity contribution in [2.75, 3.05) is 11.9 Å². The molecule has 2 aromatic rings. The molecule has 6 nitrogen and oxygen atoms in total. The molecule has 0 bridgehead atoms. The Morgan fingerprint density at radius 3 is 2.74 bits per heavy atom. The van der Waals surface area contributed by atoms with Crippen LogP contribution in [0, 0.1) is 6.92 Å². The molecule has 0 amide bonds. The van der Waals surface area contributed by atoms with Crippen LogP contribution in [0.15, 0.2) is 21.5 Å². The first-order chi connectivity index (χ1) is 9.02. The molecule has 2 aromatic heterocycles. The van der Waals surface area contributed by atoms with Crippen LogP contribution >= 0.6 is 15.9 Å². The molecular weight excluding hydrogens is 310 g/mol. The van der Waals surface area contributed by atoms with E-state index in [2.05, 4.69) is 31.4 Å². The Hall–Kier alpha value is -1.63. The fourth-order valence-electron chi connectivity index (χ4n) is 1.85. The zero-order valence-corrected chi connectivity index (χ0v) is 12.7. The van der Waals surface area contributed by atoms with Gasteiger partial charge in [-0.05, 0) is 29.8 Å². The Kier molecular flexibility index (Phi) is 4.04. The average Bonchev–Trinajstić information content (AvgIpc) is 2.59. The van der Waals surface area contributed by atoms with Crippen LogP contribution in [0.4, 0.5) is 5.69 Å². The van der Waals surface area contributed by atoms with Gasteiger partial charge >= 0.3 is 0 Å². The predicted octanol–water partition coefficient (Wildman–Crippen LogP) is 1.53. The third-order valence-electron chi connectivity index (χ3n) is 2.81. The van der Waals surface area contributed by atoms with Gasteiger partial charge in [-0.2, -0.15) is 10.2 Å². The molecule has 0 aliphatic rings. The Morgan fingerprint density at radius 2 is 2.21 bits per heavy atom. The fraction of sp³-hybridized carbons (Fsp3) is 0.417. The molecule has 0 saturated carbocycles. The number of rotatable bonds is 4. The summed E-state index contributed by atoms with van der Waals surface area (Å²) >= 11 is 3.48. The largest absolute Gasteiger partial charge is 0.384 e. The monoisotopic (exact) mass is 325 g/mol. The van der Waals surface area contributed by atoms with Gasteiger partial charge in [-0.15, -0.1) is 0 Å². The number of hydrogen-bond acceptors (Lipinski definition) is 4. The topological polar surface area (TPSA) is 64.7 Å². The molecule has 102 valence electrons. The van der Waals surface area contributed by atoms with E-state index in [9.17, 15) is 4.79 Å². The van der Waals surface area contributed by atoms with Gasteiger partial charge in [-0.1, -0.05) is 0 Å². The standard InChI is InChI=1S/C12H16BrN5O/c1-4-14-9-5-11(19)18(15-6-9)7-10-12(13)8(2)16-17(10)3/h5-6,14H,4,7H2,1-3H3. The van der Waals surface area contributed by atoms with E-state index in [1.165, 1.54) is 4.68 Å². The Labute approximate surface area is 119 Å². The van der Waals surface area contributed by atoms with Gasteiger partial charge in [-0.3, -0.25) is 9.48 Å². The van der Waals surface area contributed by atoms with Gasteiger partial charge in [0.25, 0.3) is 5.56 Å². The SMILES string of the molecule is CCNc1cnn(Cc2c(Br)c(C)nn2C)c(=O)c1. The molecule has 0 saturated heterocycles. The van der Waals surface area contributed by atoms with Crippen molar-refractivity contribution in [3.63, 3.8) is 0 Å². The molecule has 0 aromatic carbocycles. The van der Waals surface area contributed by atoms with Gasteiger partial charge in [0.2, 0.25) is 0 Å². The lowest BCUT2D eigenvalue weighted by Gasteiger charge is -2.07. The summed E-state index contributed by atoms with van der Waals surface area (Å²) in [7, 11) is 1.85. The first-order valence-corrected chi connectivity index (χ1v) is 6.81. The summed E-state index contributed by atoms with van der Waals surface area (Å²) in [5, 5.41) is 11.5. The molecule has 0 radical (unpaired) electrons. The van der Waals surface area contributed by atoms with E-state index in [-0.39, 0.29) is 5.56 Å². The van der Waals surface area contributed by atoms with Gasteiger partial charge < -0.3 is 5.32 Å². The molecule has 2 heterocycles. The smallest absolute Gasteiger partial charge is 0.269 e. The normalized spacial score (nSPS) is 10.7. The summed E-state index contributed by atoms with van der Waals surface area (Å²) in [6, 6.07) is 1.55. The zero-order chi connectivity index (χ0) is 14.0. The third kappa shape index (κ3) is 2.86. The summed E-state index contributed by atoms with van der Waals surface area (Å²) < 4.78 is 4.09. The number of halogens is 1. The molecular formula is C12H16BrN5O. The minimum atomic E-state index is -0.135. The molecule has 0 fully saturated rings. The van der Waals surface area contributed by atoms with Crippen molar-refractivity contribution >= 4 is 21.6 Å². The van der Waals surface area contributed by atoms with E-state index in [1.54, 1.807) is 16.9 Å². The number of anilines is 1. The maximum atomic E-state index is 12.0. The summed E-state index contributed by atoms with van der Waals surface area (Å²) in [4.78, 5) is 12.0. The maximum Gasteiger partial charge on any atom is 0.269 e. The van der Waals surface area contributed by atoms with Gasteiger partial charge in [0.1, 0.15) is 0 Å². The maximum absolute atomic E-state index is 12.0. The number of aromatic nitrogens is 4. The van der Waals surface area contributed by atoms with Crippen molar-refractivity contribution < 1.29 is 0 Å². The van der Waals surface area contributed by atoms with Gasteiger partial charge in [0.05, 0.1) is 34.3 Å². The molecule has 2 rings (SSSR count). The lowest BCUT2D eigenvalue weighted by molar-refractivity contribution is 0.589. The summed E-state index contributed by atoms with van der Waals surface area (Å²) in [5.41, 5.74) is 2.42. The van der Waals surface area contributed by atoms with E-state index in [0.717, 1.165) is 28.1 Å². The van der Waals surface area contributed by atoms with Gasteiger partial charge in [-0.25, -0.2) is 4.68 Å². The minimum Gasteiger partial charge on any atom is -0.384 e. The molecule has 0 aliphatic carbocycles. The van der Waals surface area contributed by atoms with Crippen molar-refractivity contribution in [2.45, 2.75) is 20.4 Å². The lowest BCUT2D eigenvalue weighted by Crippen LogP contribution is -2.24. The highest BCUT2D eigenvalue weighted by atomic mass is 79.9. The molecule has 0 atom stereocenters. The number of nitrogens with zero attached hydrogens (tertiary/aromatic N) is 4. The Balaban J connectivity index is 2.31. The summed E-state index contributed by atoms with van der Waals surface area (Å²) in [6.07, 6.45) is 1.65. The number of nitrogens with one attached hydrogen (secondary N) is 1. The first kappa shape index (κ1) is 13.8. The molecule has 7 heteroatoms. The van der Waals surface area contributed by atoms with Crippen LogP contribution in [0.3, 0.4) is 0 Å². The van der Waals surface area contributed by atoms with Crippen LogP contribution in [0.5, 0.6) is 0 Å². The van der Waals surface area contributed by atoms with Gasteiger partial charge in [0, 0.05) is 19.7 Å². The molecule has 0 aliphatic heterocycles. The Morgan fingerprint density at radius 1 is 1.47 bits per heavy atom. The zero-order valence-electron chi connectivity index (χ0n) is 11.1. The van der Waals surface area contributed by atoms with E-state index < -0.39 is 0 Å². The van der Waals surface area contributed by atoms with Crippen LogP contribution in [-0.4, -0.2) is 26.1 Å². The molecule has 1 N–H and O–H groups in total. The van der Waals surface area contributed by atoms with Crippen LogP contribution < -0.4 is 10.9 Å². The van der Waals surface area contributed by atoms with Crippen molar-refractivity contribution in [2.24, 2.45) is 7.05 Å². The van der Waals surface area contributed by atoms with Crippen molar-refractivity contribution in [1.82, 2.24) is 19.6 Å². The predicted molar refractivity (Wildman–Crippen MR) is 77.4 cm³/mol. The number of aryl methyl sites for hydroxylation is 2. The minimum absolute atomic E-state index is 0.135. The highest BCUT2D eigenvalue weighted by Crippen LogP contribution is 2.20. The van der Waals surface area contributed by atoms with E-state index >= 15 is 0 Å². The fourth-order valence-corrected chi connectivity index (χ4v) is 2.31. The Bertz CT molecular complexity index is 646. The van der Waals surface area contributed by atoms with Crippen LogP contribution in [0.25, 0.3) is 0 Å². The summed E-state index contributed by atoms with van der Waals surface area (Å²) in [5.74, 6) is 0. The van der Waals surface area contributed by atoms with Crippen LogP contribution in [0.2, 0.25) is 0 Å². The van der Waals surface area contributed by atoms with E-state index in [0.29, 0.717) is 6.54 Å². The first-order valence-electron chi connectivity index (χ1n) is 6.02. The molecule has 0 spiro atoms. The molecule has 0 unspecified atom stereocenters. The third-order valence-corrected chi connectivity index (χ3v) is 3.84. The highest BCUT2D eigenvalue weighted by molar-refractivity contribution is 9.10. The van der Waals surface area contributed by atoms with E-state index in [4.69, 9.17) is 0 Å².